The highest BCUT2D eigenvalue weighted by Crippen LogP contribution is 2.27. The zero-order chi connectivity index (χ0) is 19.6. The van der Waals surface area contributed by atoms with Crippen molar-refractivity contribution in [3.63, 3.8) is 0 Å². The summed E-state index contributed by atoms with van der Waals surface area (Å²) in [6, 6.07) is 15.1. The molecule has 2 aliphatic heterocycles. The molecule has 1 saturated heterocycles. The Kier molecular flexibility index (Phi) is 7.22. The first-order valence-corrected chi connectivity index (χ1v) is 11.4. The minimum absolute atomic E-state index is 0. The average Bonchev–Trinajstić information content (AvgIpc) is 2.74. The van der Waals surface area contributed by atoms with Crippen LogP contribution < -0.4 is 4.74 Å². The van der Waals surface area contributed by atoms with Crippen molar-refractivity contribution < 1.29 is 13.2 Å². The molecule has 158 valence electrons. The van der Waals surface area contributed by atoms with Gasteiger partial charge >= 0.3 is 0 Å². The summed E-state index contributed by atoms with van der Waals surface area (Å²) in [7, 11) is -1.69. The van der Waals surface area contributed by atoms with Crippen molar-refractivity contribution in [2.75, 3.05) is 33.3 Å². The molecule has 7 heteroatoms. The van der Waals surface area contributed by atoms with Gasteiger partial charge in [-0.1, -0.05) is 24.3 Å². The van der Waals surface area contributed by atoms with Crippen LogP contribution in [0.15, 0.2) is 53.4 Å². The van der Waals surface area contributed by atoms with Crippen LogP contribution in [0.5, 0.6) is 5.75 Å². The Balaban J connectivity index is 0.00000240. The van der Waals surface area contributed by atoms with Crippen LogP contribution in [-0.2, 0) is 23.0 Å². The molecule has 0 aliphatic carbocycles. The van der Waals surface area contributed by atoms with Crippen LogP contribution >= 0.6 is 12.4 Å². The van der Waals surface area contributed by atoms with Crippen molar-refractivity contribution in [1.29, 1.82) is 0 Å². The van der Waals surface area contributed by atoms with Gasteiger partial charge in [-0.15, -0.1) is 12.4 Å². The van der Waals surface area contributed by atoms with E-state index in [2.05, 4.69) is 17.0 Å². The van der Waals surface area contributed by atoms with Crippen molar-refractivity contribution in [3.05, 3.63) is 59.7 Å². The fourth-order valence-corrected chi connectivity index (χ4v) is 5.95. The van der Waals surface area contributed by atoms with Gasteiger partial charge in [0.2, 0.25) is 10.0 Å². The maximum Gasteiger partial charge on any atom is 0.243 e. The van der Waals surface area contributed by atoms with Crippen molar-refractivity contribution in [2.24, 2.45) is 5.92 Å². The van der Waals surface area contributed by atoms with Crippen LogP contribution in [0.1, 0.15) is 24.0 Å². The number of rotatable bonds is 5. The highest BCUT2D eigenvalue weighted by molar-refractivity contribution is 7.89. The lowest BCUT2D eigenvalue weighted by Crippen LogP contribution is -2.44. The van der Waals surface area contributed by atoms with E-state index in [-0.39, 0.29) is 12.4 Å². The third-order valence-corrected chi connectivity index (χ3v) is 7.76. The van der Waals surface area contributed by atoms with Crippen LogP contribution in [0.4, 0.5) is 0 Å². The molecule has 1 unspecified atom stereocenters. The summed E-state index contributed by atoms with van der Waals surface area (Å²) < 4.78 is 32.9. The van der Waals surface area contributed by atoms with Gasteiger partial charge in [-0.25, -0.2) is 8.42 Å². The number of hydrogen-bond acceptors (Lipinski definition) is 4. The predicted molar refractivity (Wildman–Crippen MR) is 117 cm³/mol. The molecule has 2 aromatic rings. The molecule has 2 aromatic carbocycles. The Bertz CT molecular complexity index is 921. The van der Waals surface area contributed by atoms with Gasteiger partial charge in [-0.05, 0) is 60.6 Å². The van der Waals surface area contributed by atoms with E-state index in [4.69, 9.17) is 4.74 Å². The first-order chi connectivity index (χ1) is 13.6. The quantitative estimate of drug-likeness (QED) is 0.718. The molecule has 1 fully saturated rings. The summed E-state index contributed by atoms with van der Waals surface area (Å²) in [5.74, 6) is 1.30. The zero-order valence-corrected chi connectivity index (χ0v) is 18.4. The van der Waals surface area contributed by atoms with E-state index in [1.165, 1.54) is 11.1 Å². The molecule has 5 nitrogen and oxygen atoms in total. The second-order valence-corrected chi connectivity index (χ2v) is 9.74. The van der Waals surface area contributed by atoms with E-state index < -0.39 is 10.0 Å². The number of methoxy groups -OCH3 is 1. The first-order valence-electron chi connectivity index (χ1n) is 9.99. The first kappa shape index (κ1) is 22.1. The normalized spacial score (nSPS) is 20.5. The third kappa shape index (κ3) is 4.94. The molecule has 0 amide bonds. The summed E-state index contributed by atoms with van der Waals surface area (Å²) in [5.41, 5.74) is 2.73. The fourth-order valence-electron chi connectivity index (χ4n) is 4.37. The zero-order valence-electron chi connectivity index (χ0n) is 16.8. The van der Waals surface area contributed by atoms with Gasteiger partial charge in [0, 0.05) is 32.7 Å². The monoisotopic (exact) mass is 436 g/mol. The summed E-state index contributed by atoms with van der Waals surface area (Å²) >= 11 is 0. The summed E-state index contributed by atoms with van der Waals surface area (Å²) in [4.78, 5) is 2.87. The Morgan fingerprint density at radius 1 is 1.07 bits per heavy atom. The summed E-state index contributed by atoms with van der Waals surface area (Å²) in [6.45, 7) is 4.13. The molecule has 0 spiro atoms. The topological polar surface area (TPSA) is 49.9 Å². The lowest BCUT2D eigenvalue weighted by molar-refractivity contribution is 0.167. The van der Waals surface area contributed by atoms with Gasteiger partial charge in [0.15, 0.2) is 0 Å². The van der Waals surface area contributed by atoms with E-state index in [0.717, 1.165) is 44.6 Å². The van der Waals surface area contributed by atoms with E-state index in [1.807, 2.05) is 12.1 Å². The molecule has 0 N–H and O–H groups in total. The summed E-state index contributed by atoms with van der Waals surface area (Å²) in [6.07, 6.45) is 3.04. The van der Waals surface area contributed by atoms with Crippen molar-refractivity contribution >= 4 is 22.4 Å². The highest BCUT2D eigenvalue weighted by atomic mass is 35.5. The molecule has 29 heavy (non-hydrogen) atoms. The molecule has 2 heterocycles. The van der Waals surface area contributed by atoms with Crippen LogP contribution in [0.3, 0.4) is 0 Å². The predicted octanol–water partition coefficient (Wildman–Crippen LogP) is 3.58. The third-order valence-electron chi connectivity index (χ3n) is 5.88. The Morgan fingerprint density at radius 3 is 2.62 bits per heavy atom. The molecule has 0 bridgehead atoms. The van der Waals surface area contributed by atoms with Crippen molar-refractivity contribution in [2.45, 2.75) is 30.7 Å². The largest absolute Gasteiger partial charge is 0.497 e. The van der Waals surface area contributed by atoms with Gasteiger partial charge in [-0.2, -0.15) is 4.31 Å². The Labute approximate surface area is 180 Å². The summed E-state index contributed by atoms with van der Waals surface area (Å²) in [5, 5.41) is 0. The van der Waals surface area contributed by atoms with Crippen LogP contribution in [0, 0.1) is 5.92 Å². The number of hydrogen-bond donors (Lipinski definition) is 0. The molecule has 0 aromatic heterocycles. The SMILES string of the molecule is COc1ccc2c(c1)CCN(CC1CCCN(S(=O)(=O)c3ccccc3)C1)C2.Cl. The van der Waals surface area contributed by atoms with E-state index >= 15 is 0 Å². The minimum atomic E-state index is -3.39. The molecule has 2 aliphatic rings. The van der Waals surface area contributed by atoms with E-state index in [9.17, 15) is 8.42 Å². The van der Waals surface area contributed by atoms with Crippen molar-refractivity contribution in [1.82, 2.24) is 9.21 Å². The van der Waals surface area contributed by atoms with Gasteiger partial charge in [0.1, 0.15) is 5.75 Å². The second kappa shape index (κ2) is 9.47. The van der Waals surface area contributed by atoms with Gasteiger partial charge in [0.25, 0.3) is 0 Å². The van der Waals surface area contributed by atoms with Gasteiger partial charge in [0.05, 0.1) is 12.0 Å². The molecular formula is C22H29ClN2O3S. The number of benzene rings is 2. The maximum atomic E-state index is 12.9. The minimum Gasteiger partial charge on any atom is -0.497 e. The van der Waals surface area contributed by atoms with Gasteiger partial charge in [-0.3, -0.25) is 4.90 Å². The maximum absolute atomic E-state index is 12.9. The van der Waals surface area contributed by atoms with E-state index in [0.29, 0.717) is 23.9 Å². The van der Waals surface area contributed by atoms with E-state index in [1.54, 1.807) is 35.7 Å². The number of piperidine rings is 1. The number of ether oxygens (including phenoxy) is 1. The Hall–Kier alpha value is -1.60. The van der Waals surface area contributed by atoms with Crippen LogP contribution in [0.25, 0.3) is 0 Å². The average molecular weight is 437 g/mol. The highest BCUT2D eigenvalue weighted by Gasteiger charge is 2.31. The molecule has 4 rings (SSSR count). The molecule has 1 atom stereocenters. The second-order valence-electron chi connectivity index (χ2n) is 7.80. The number of fused-ring (bicyclic) bond motifs is 1. The Morgan fingerprint density at radius 2 is 1.86 bits per heavy atom. The van der Waals surface area contributed by atoms with Crippen LogP contribution in [-0.4, -0.2) is 50.9 Å². The molecule has 0 radical (unpaired) electrons. The smallest absolute Gasteiger partial charge is 0.243 e. The lowest BCUT2D eigenvalue weighted by atomic mass is 9.95. The number of nitrogens with zero attached hydrogens (tertiary/aromatic N) is 2. The number of sulfonamides is 1. The molecule has 0 saturated carbocycles. The lowest BCUT2D eigenvalue weighted by Gasteiger charge is -2.36. The molecular weight excluding hydrogens is 408 g/mol. The number of halogens is 1. The fraction of sp³-hybridized carbons (Fsp3) is 0.455. The standard InChI is InChI=1S/C22H28N2O3S.ClH/c1-27-21-10-9-20-17-23(13-11-19(20)14-21)15-18-6-5-12-24(16-18)28(25,26)22-7-3-2-4-8-22;/h2-4,7-10,14,18H,5-6,11-13,15-17H2,1H3;1H. The van der Waals surface area contributed by atoms with Crippen molar-refractivity contribution in [3.8, 4) is 5.75 Å². The van der Waals surface area contributed by atoms with Crippen LogP contribution in [0.2, 0.25) is 0 Å². The van der Waals surface area contributed by atoms with Gasteiger partial charge < -0.3 is 4.74 Å².